The van der Waals surface area contributed by atoms with E-state index in [0.717, 1.165) is 0 Å². The lowest BCUT2D eigenvalue weighted by Gasteiger charge is -2.08. The van der Waals surface area contributed by atoms with Crippen LogP contribution in [-0.2, 0) is 4.79 Å². The van der Waals surface area contributed by atoms with Gasteiger partial charge in [0.2, 0.25) is 0 Å². The first-order valence-electron chi connectivity index (χ1n) is 4.72. The lowest BCUT2D eigenvalue weighted by atomic mass is 10.1. The fourth-order valence-corrected chi connectivity index (χ4v) is 1.35. The van der Waals surface area contributed by atoms with E-state index in [0.29, 0.717) is 17.0 Å². The normalized spacial score (nSPS) is 9.88. The van der Waals surface area contributed by atoms with Gasteiger partial charge in [-0.1, -0.05) is 18.5 Å². The van der Waals surface area contributed by atoms with Gasteiger partial charge < -0.3 is 9.84 Å². The molecule has 16 heavy (non-hydrogen) atoms. The van der Waals surface area contributed by atoms with E-state index in [9.17, 15) is 9.59 Å². The van der Waals surface area contributed by atoms with Crippen LogP contribution < -0.4 is 4.74 Å². The van der Waals surface area contributed by atoms with Gasteiger partial charge in [-0.2, -0.15) is 0 Å². The van der Waals surface area contributed by atoms with Crippen molar-refractivity contribution in [1.82, 2.24) is 0 Å². The zero-order valence-corrected chi connectivity index (χ0v) is 9.45. The van der Waals surface area contributed by atoms with E-state index in [4.69, 9.17) is 21.4 Å². The van der Waals surface area contributed by atoms with E-state index < -0.39 is 12.6 Å². The van der Waals surface area contributed by atoms with Gasteiger partial charge in [0.05, 0.1) is 5.56 Å². The molecule has 4 nitrogen and oxygen atoms in total. The number of carboxylic acid groups (broad SMARTS) is 1. The van der Waals surface area contributed by atoms with Crippen molar-refractivity contribution >= 4 is 23.4 Å². The summed E-state index contributed by atoms with van der Waals surface area (Å²) in [4.78, 5) is 21.9. The lowest BCUT2D eigenvalue weighted by Crippen LogP contribution is -2.11. The Labute approximate surface area is 97.8 Å². The highest BCUT2D eigenvalue weighted by molar-refractivity contribution is 6.31. The second-order valence-electron chi connectivity index (χ2n) is 3.10. The van der Waals surface area contributed by atoms with Crippen LogP contribution in [-0.4, -0.2) is 23.5 Å². The van der Waals surface area contributed by atoms with Gasteiger partial charge in [0.25, 0.3) is 0 Å². The fourth-order valence-electron chi connectivity index (χ4n) is 1.18. The SMILES string of the molecule is CCC(=O)c1cc(Cl)ccc1OCC(=O)O. The molecule has 86 valence electrons. The van der Waals surface area contributed by atoms with E-state index >= 15 is 0 Å². The number of halogens is 1. The molecule has 0 aliphatic heterocycles. The molecule has 0 aliphatic rings. The fraction of sp³-hybridized carbons (Fsp3) is 0.273. The van der Waals surface area contributed by atoms with Crippen LogP contribution in [0.4, 0.5) is 0 Å². The highest BCUT2D eigenvalue weighted by Crippen LogP contribution is 2.24. The van der Waals surface area contributed by atoms with Gasteiger partial charge in [0.1, 0.15) is 5.75 Å². The van der Waals surface area contributed by atoms with Gasteiger partial charge in [-0.15, -0.1) is 0 Å². The highest BCUT2D eigenvalue weighted by Gasteiger charge is 2.12. The molecule has 5 heteroatoms. The Morgan fingerprint density at radius 2 is 2.12 bits per heavy atom. The summed E-state index contributed by atoms with van der Waals surface area (Å²) in [6.45, 7) is 1.23. The van der Waals surface area contributed by atoms with Crippen LogP contribution in [0.5, 0.6) is 5.75 Å². The summed E-state index contributed by atoms with van der Waals surface area (Å²) >= 11 is 5.76. The standard InChI is InChI=1S/C11H11ClO4/c1-2-9(13)8-5-7(12)3-4-10(8)16-6-11(14)15/h3-5H,2,6H2,1H3,(H,14,15). The third kappa shape index (κ3) is 3.24. The largest absolute Gasteiger partial charge is 0.481 e. The number of carbonyl (C=O) groups is 2. The summed E-state index contributed by atoms with van der Waals surface area (Å²) in [6, 6.07) is 4.52. The smallest absolute Gasteiger partial charge is 0.341 e. The van der Waals surface area contributed by atoms with Gasteiger partial charge >= 0.3 is 5.97 Å². The average molecular weight is 243 g/mol. The number of Topliss-reactive ketones (excluding diaryl/α,β-unsaturated/α-hetero) is 1. The minimum Gasteiger partial charge on any atom is -0.481 e. The van der Waals surface area contributed by atoms with Crippen molar-refractivity contribution < 1.29 is 19.4 Å². The maximum Gasteiger partial charge on any atom is 0.341 e. The molecular weight excluding hydrogens is 232 g/mol. The van der Waals surface area contributed by atoms with Crippen LogP contribution in [0.25, 0.3) is 0 Å². The minimum absolute atomic E-state index is 0.136. The second kappa shape index (κ2) is 5.51. The molecule has 0 unspecified atom stereocenters. The number of ether oxygens (including phenoxy) is 1. The van der Waals surface area contributed by atoms with Crippen molar-refractivity contribution in [3.8, 4) is 5.75 Å². The van der Waals surface area contributed by atoms with E-state index in [1.54, 1.807) is 13.0 Å². The number of aliphatic carboxylic acids is 1. The van der Waals surface area contributed by atoms with E-state index in [1.165, 1.54) is 12.1 Å². The number of hydrogen-bond acceptors (Lipinski definition) is 3. The molecule has 0 radical (unpaired) electrons. The predicted octanol–water partition coefficient (Wildman–Crippen LogP) is 2.40. The highest BCUT2D eigenvalue weighted by atomic mass is 35.5. The number of benzene rings is 1. The van der Waals surface area contributed by atoms with Crippen LogP contribution in [0, 0.1) is 0 Å². The van der Waals surface area contributed by atoms with Crippen molar-refractivity contribution in [1.29, 1.82) is 0 Å². The van der Waals surface area contributed by atoms with Gasteiger partial charge in [0, 0.05) is 11.4 Å². The van der Waals surface area contributed by atoms with Crippen molar-refractivity contribution in [2.24, 2.45) is 0 Å². The van der Waals surface area contributed by atoms with Gasteiger partial charge in [-0.3, -0.25) is 4.79 Å². The molecule has 0 saturated carbocycles. The summed E-state index contributed by atoms with van der Waals surface area (Å²) in [5.74, 6) is -0.980. The molecule has 1 N–H and O–H groups in total. The molecule has 0 atom stereocenters. The van der Waals surface area contributed by atoms with Crippen LogP contribution in [0.2, 0.25) is 5.02 Å². The zero-order chi connectivity index (χ0) is 12.1. The molecule has 0 aromatic heterocycles. The molecule has 1 aromatic carbocycles. The van der Waals surface area contributed by atoms with Crippen LogP contribution in [0.1, 0.15) is 23.7 Å². The van der Waals surface area contributed by atoms with Gasteiger partial charge in [-0.05, 0) is 18.2 Å². The molecule has 0 saturated heterocycles. The Bertz CT molecular complexity index is 414. The Kier molecular flexibility index (Phi) is 4.31. The summed E-state index contributed by atoms with van der Waals surface area (Å²) in [6.07, 6.45) is 0.309. The van der Waals surface area contributed by atoms with E-state index in [2.05, 4.69) is 0 Å². The molecule has 0 fully saturated rings. The van der Waals surface area contributed by atoms with Crippen LogP contribution >= 0.6 is 11.6 Å². The topological polar surface area (TPSA) is 63.6 Å². The monoisotopic (exact) mass is 242 g/mol. The number of carbonyl (C=O) groups excluding carboxylic acids is 1. The molecule has 0 bridgehead atoms. The zero-order valence-electron chi connectivity index (χ0n) is 8.70. The Hall–Kier alpha value is -1.55. The maximum absolute atomic E-state index is 11.5. The van der Waals surface area contributed by atoms with Crippen molar-refractivity contribution in [3.05, 3.63) is 28.8 Å². The average Bonchev–Trinajstić information content (AvgIpc) is 2.26. The molecule has 0 heterocycles. The maximum atomic E-state index is 11.5. The second-order valence-corrected chi connectivity index (χ2v) is 3.54. The first kappa shape index (κ1) is 12.5. The van der Waals surface area contributed by atoms with E-state index in [-0.39, 0.29) is 11.5 Å². The van der Waals surface area contributed by atoms with Crippen molar-refractivity contribution in [2.75, 3.05) is 6.61 Å². The minimum atomic E-state index is -1.09. The van der Waals surface area contributed by atoms with Gasteiger partial charge in [-0.25, -0.2) is 4.79 Å². The molecule has 1 rings (SSSR count). The number of carboxylic acids is 1. The third-order valence-electron chi connectivity index (χ3n) is 1.91. The van der Waals surface area contributed by atoms with Crippen molar-refractivity contribution in [2.45, 2.75) is 13.3 Å². The van der Waals surface area contributed by atoms with Crippen molar-refractivity contribution in [3.63, 3.8) is 0 Å². The first-order valence-corrected chi connectivity index (χ1v) is 5.09. The Balaban J connectivity index is 2.98. The molecule has 0 aliphatic carbocycles. The molecular formula is C11H11ClO4. The van der Waals surface area contributed by atoms with Gasteiger partial charge in [0.15, 0.2) is 12.4 Å². The number of rotatable bonds is 5. The van der Waals surface area contributed by atoms with Crippen LogP contribution in [0.3, 0.4) is 0 Å². The lowest BCUT2D eigenvalue weighted by molar-refractivity contribution is -0.139. The first-order chi connectivity index (χ1) is 7.54. The quantitative estimate of drug-likeness (QED) is 0.806. The Morgan fingerprint density at radius 1 is 1.44 bits per heavy atom. The predicted molar refractivity (Wildman–Crippen MR) is 59.2 cm³/mol. The molecule has 0 amide bonds. The molecule has 1 aromatic rings. The number of ketones is 1. The summed E-state index contributed by atoms with van der Waals surface area (Å²) < 4.78 is 5.00. The third-order valence-corrected chi connectivity index (χ3v) is 2.15. The summed E-state index contributed by atoms with van der Waals surface area (Å²) in [5.41, 5.74) is 0.316. The number of hydrogen-bond donors (Lipinski definition) is 1. The summed E-state index contributed by atoms with van der Waals surface area (Å²) in [5, 5.41) is 8.90. The Morgan fingerprint density at radius 3 is 2.69 bits per heavy atom. The summed E-state index contributed by atoms with van der Waals surface area (Å²) in [7, 11) is 0. The van der Waals surface area contributed by atoms with E-state index in [1.807, 2.05) is 0 Å². The molecule has 0 spiro atoms. The van der Waals surface area contributed by atoms with Crippen LogP contribution in [0.15, 0.2) is 18.2 Å².